The molecule has 0 aliphatic heterocycles. The fraction of sp³-hybridized carbons (Fsp3) is 0.423. The first kappa shape index (κ1) is 22.7. The lowest BCUT2D eigenvalue weighted by Crippen LogP contribution is -2.09. The van der Waals surface area contributed by atoms with E-state index in [9.17, 15) is 4.79 Å². The standard InChI is InChI=1S/C26H33N3O2/c1-16(2)23-9-8-22(29-19(23)5)11-17(3)21-13-25(31-6)24(27-15-21)12-18(4)20-7-10-26(30)28-14-20/h7-10,13-18H,11-12H2,1-6H3,(H,28,30). The fourth-order valence-corrected chi connectivity index (χ4v) is 4.00. The minimum atomic E-state index is -0.0893. The predicted molar refractivity (Wildman–Crippen MR) is 125 cm³/mol. The van der Waals surface area contributed by atoms with Crippen LogP contribution >= 0.6 is 0 Å². The highest BCUT2D eigenvalue weighted by Gasteiger charge is 2.16. The number of nitrogens with one attached hydrogen (secondary N) is 1. The van der Waals surface area contributed by atoms with E-state index in [0.29, 0.717) is 5.92 Å². The smallest absolute Gasteiger partial charge is 0.247 e. The van der Waals surface area contributed by atoms with Gasteiger partial charge in [0.05, 0.1) is 12.8 Å². The number of methoxy groups -OCH3 is 1. The van der Waals surface area contributed by atoms with Gasteiger partial charge in [-0.2, -0.15) is 0 Å². The Balaban J connectivity index is 1.74. The van der Waals surface area contributed by atoms with Crippen LogP contribution < -0.4 is 10.3 Å². The Morgan fingerprint density at radius 1 is 1.00 bits per heavy atom. The SMILES string of the molecule is COc1cc(C(C)Cc2ccc(C(C)C)c(C)n2)cnc1CC(C)c1ccc(=O)[nH]c1. The van der Waals surface area contributed by atoms with E-state index in [0.717, 1.165) is 46.8 Å². The lowest BCUT2D eigenvalue weighted by atomic mass is 9.93. The van der Waals surface area contributed by atoms with Gasteiger partial charge >= 0.3 is 0 Å². The van der Waals surface area contributed by atoms with Gasteiger partial charge in [0.15, 0.2) is 0 Å². The van der Waals surface area contributed by atoms with Crippen LogP contribution in [0.3, 0.4) is 0 Å². The quantitative estimate of drug-likeness (QED) is 0.538. The number of nitrogens with zero attached hydrogens (tertiary/aromatic N) is 2. The number of hydrogen-bond donors (Lipinski definition) is 1. The molecule has 0 amide bonds. The van der Waals surface area contributed by atoms with E-state index in [1.807, 2.05) is 12.3 Å². The molecular weight excluding hydrogens is 386 g/mol. The minimum Gasteiger partial charge on any atom is -0.495 e. The van der Waals surface area contributed by atoms with Crippen LogP contribution in [0.15, 0.2) is 47.5 Å². The molecule has 0 aromatic carbocycles. The minimum absolute atomic E-state index is 0.0893. The Bertz CT molecular complexity index is 1070. The second-order valence-electron chi connectivity index (χ2n) is 8.75. The average Bonchev–Trinajstić information content (AvgIpc) is 2.74. The first-order chi connectivity index (χ1) is 14.8. The van der Waals surface area contributed by atoms with Gasteiger partial charge in [-0.1, -0.05) is 39.8 Å². The summed E-state index contributed by atoms with van der Waals surface area (Å²) < 4.78 is 5.67. The fourth-order valence-electron chi connectivity index (χ4n) is 4.00. The van der Waals surface area contributed by atoms with Crippen molar-refractivity contribution in [2.24, 2.45) is 0 Å². The molecule has 0 fully saturated rings. The highest BCUT2D eigenvalue weighted by atomic mass is 16.5. The maximum absolute atomic E-state index is 11.3. The lowest BCUT2D eigenvalue weighted by molar-refractivity contribution is 0.404. The van der Waals surface area contributed by atoms with Crippen molar-refractivity contribution in [3.05, 3.63) is 86.9 Å². The summed E-state index contributed by atoms with van der Waals surface area (Å²) in [6.45, 7) is 10.8. The van der Waals surface area contributed by atoms with E-state index in [4.69, 9.17) is 14.7 Å². The Morgan fingerprint density at radius 2 is 1.74 bits per heavy atom. The summed E-state index contributed by atoms with van der Waals surface area (Å²) in [5.41, 5.74) is 6.57. The molecule has 3 aromatic heterocycles. The molecule has 164 valence electrons. The van der Waals surface area contributed by atoms with Crippen LogP contribution in [0.5, 0.6) is 5.75 Å². The molecule has 3 aromatic rings. The zero-order chi connectivity index (χ0) is 22.5. The van der Waals surface area contributed by atoms with Crippen molar-refractivity contribution >= 4 is 0 Å². The third-order valence-electron chi connectivity index (χ3n) is 5.94. The van der Waals surface area contributed by atoms with Gasteiger partial charge in [-0.25, -0.2) is 0 Å². The van der Waals surface area contributed by atoms with Gasteiger partial charge in [0.1, 0.15) is 5.75 Å². The molecule has 0 spiro atoms. The molecule has 0 radical (unpaired) electrons. The Hall–Kier alpha value is -2.95. The molecule has 31 heavy (non-hydrogen) atoms. The van der Waals surface area contributed by atoms with Gasteiger partial charge in [-0.05, 0) is 59.9 Å². The zero-order valence-electron chi connectivity index (χ0n) is 19.4. The highest BCUT2D eigenvalue weighted by Crippen LogP contribution is 2.29. The Labute approximate surface area is 184 Å². The number of aromatic amines is 1. The second kappa shape index (κ2) is 9.90. The number of aryl methyl sites for hydroxylation is 1. The summed E-state index contributed by atoms with van der Waals surface area (Å²) in [5, 5.41) is 0. The van der Waals surface area contributed by atoms with E-state index in [1.165, 1.54) is 5.56 Å². The normalized spacial score (nSPS) is 13.3. The van der Waals surface area contributed by atoms with Crippen LogP contribution in [0.2, 0.25) is 0 Å². The van der Waals surface area contributed by atoms with Gasteiger partial charge in [-0.3, -0.25) is 14.8 Å². The predicted octanol–water partition coefficient (Wildman–Crippen LogP) is 5.30. The topological polar surface area (TPSA) is 67.9 Å². The molecule has 3 heterocycles. The van der Waals surface area contributed by atoms with E-state index in [1.54, 1.807) is 19.4 Å². The number of aromatic nitrogens is 3. The number of hydrogen-bond acceptors (Lipinski definition) is 4. The Kier molecular flexibility index (Phi) is 7.26. The highest BCUT2D eigenvalue weighted by molar-refractivity contribution is 5.35. The summed E-state index contributed by atoms with van der Waals surface area (Å²) in [4.78, 5) is 23.6. The third kappa shape index (κ3) is 5.60. The van der Waals surface area contributed by atoms with Gasteiger partial charge in [0.2, 0.25) is 5.56 Å². The monoisotopic (exact) mass is 419 g/mol. The van der Waals surface area contributed by atoms with Crippen molar-refractivity contribution in [2.45, 2.75) is 65.2 Å². The first-order valence-corrected chi connectivity index (χ1v) is 11.0. The van der Waals surface area contributed by atoms with Crippen LogP contribution in [0.25, 0.3) is 0 Å². The van der Waals surface area contributed by atoms with Gasteiger partial charge in [0.25, 0.3) is 0 Å². The molecule has 0 aliphatic rings. The van der Waals surface area contributed by atoms with Gasteiger partial charge in [-0.15, -0.1) is 0 Å². The van der Waals surface area contributed by atoms with Crippen LogP contribution in [0.4, 0.5) is 0 Å². The van der Waals surface area contributed by atoms with Gasteiger partial charge < -0.3 is 9.72 Å². The third-order valence-corrected chi connectivity index (χ3v) is 5.94. The van der Waals surface area contributed by atoms with Crippen molar-refractivity contribution in [1.29, 1.82) is 0 Å². The average molecular weight is 420 g/mol. The molecule has 0 bridgehead atoms. The summed E-state index contributed by atoms with van der Waals surface area (Å²) in [6, 6.07) is 9.87. The van der Waals surface area contributed by atoms with E-state index < -0.39 is 0 Å². The van der Waals surface area contributed by atoms with Crippen molar-refractivity contribution in [3.8, 4) is 5.75 Å². The molecule has 0 aliphatic carbocycles. The van der Waals surface area contributed by atoms with Crippen LogP contribution in [-0.4, -0.2) is 22.1 Å². The molecule has 5 heteroatoms. The summed E-state index contributed by atoms with van der Waals surface area (Å²) >= 11 is 0. The number of rotatable bonds is 8. The molecular formula is C26H33N3O2. The van der Waals surface area contributed by atoms with Crippen LogP contribution in [0.1, 0.15) is 79.2 Å². The molecule has 1 N–H and O–H groups in total. The van der Waals surface area contributed by atoms with Crippen LogP contribution in [-0.2, 0) is 12.8 Å². The van der Waals surface area contributed by atoms with Crippen molar-refractivity contribution in [2.75, 3.05) is 7.11 Å². The molecule has 0 saturated heterocycles. The molecule has 2 atom stereocenters. The Morgan fingerprint density at radius 3 is 2.35 bits per heavy atom. The zero-order valence-corrected chi connectivity index (χ0v) is 19.4. The first-order valence-electron chi connectivity index (χ1n) is 11.0. The molecule has 0 saturated carbocycles. The van der Waals surface area contributed by atoms with E-state index >= 15 is 0 Å². The number of ether oxygens (including phenoxy) is 1. The van der Waals surface area contributed by atoms with E-state index in [-0.39, 0.29) is 17.4 Å². The molecule has 3 rings (SSSR count). The van der Waals surface area contributed by atoms with Crippen molar-refractivity contribution in [3.63, 3.8) is 0 Å². The molecule has 2 unspecified atom stereocenters. The summed E-state index contributed by atoms with van der Waals surface area (Å²) in [7, 11) is 1.69. The number of pyridine rings is 3. The summed E-state index contributed by atoms with van der Waals surface area (Å²) in [5.74, 6) is 1.79. The maximum Gasteiger partial charge on any atom is 0.247 e. The van der Waals surface area contributed by atoms with E-state index in [2.05, 4.69) is 57.8 Å². The molecule has 5 nitrogen and oxygen atoms in total. The largest absolute Gasteiger partial charge is 0.495 e. The lowest BCUT2D eigenvalue weighted by Gasteiger charge is -2.17. The summed E-state index contributed by atoms with van der Waals surface area (Å²) in [6.07, 6.45) is 5.32. The van der Waals surface area contributed by atoms with Crippen molar-refractivity contribution < 1.29 is 4.74 Å². The van der Waals surface area contributed by atoms with Crippen molar-refractivity contribution in [1.82, 2.24) is 15.0 Å². The maximum atomic E-state index is 11.3. The second-order valence-corrected chi connectivity index (χ2v) is 8.75. The number of H-pyrrole nitrogens is 1. The van der Waals surface area contributed by atoms with Crippen LogP contribution in [0, 0.1) is 6.92 Å². The van der Waals surface area contributed by atoms with Gasteiger partial charge in [0, 0.05) is 36.3 Å².